The first-order chi connectivity index (χ1) is 19.7. The van der Waals surface area contributed by atoms with E-state index in [9.17, 15) is 14.4 Å². The van der Waals surface area contributed by atoms with E-state index in [1.807, 2.05) is 6.92 Å². The molecule has 3 aromatic rings. The van der Waals surface area contributed by atoms with Crippen molar-refractivity contribution in [2.24, 2.45) is 0 Å². The van der Waals surface area contributed by atoms with Crippen molar-refractivity contribution >= 4 is 52.1 Å². The number of aromatic nitrogens is 4. The van der Waals surface area contributed by atoms with Gasteiger partial charge in [-0.3, -0.25) is 9.59 Å². The fraction of sp³-hybridized carbons (Fsp3) is 0.440. The Bertz CT molecular complexity index is 1500. The number of piperazine rings is 1. The van der Waals surface area contributed by atoms with E-state index in [1.54, 1.807) is 14.4 Å². The largest absolute Gasteiger partial charge is 0.382 e. The standard InChI is InChI=1S/C25H30ClFN10O4/c1-2-37-17-12-15(27)14(24(39)34-3-5-35(6-4-34)25(40)36-7-9-41-10-8-36)11-16(17)31-18(37)13-30-23(38)19-21(28)33-22(29)20(26)32-19/h11-12H,2-10,13H2,1H3,(H,30,38)(H4,28,29,33). The van der Waals surface area contributed by atoms with Crippen molar-refractivity contribution in [2.75, 3.05) is 63.9 Å². The number of imidazole rings is 1. The molecule has 0 radical (unpaired) electrons. The van der Waals surface area contributed by atoms with Crippen LogP contribution in [0.3, 0.4) is 0 Å². The number of hydrogen-bond donors (Lipinski definition) is 3. The van der Waals surface area contributed by atoms with Gasteiger partial charge in [0.1, 0.15) is 11.6 Å². The number of morpholine rings is 1. The Balaban J connectivity index is 1.29. The summed E-state index contributed by atoms with van der Waals surface area (Å²) in [6.07, 6.45) is 0. The molecule has 5 N–H and O–H groups in total. The maximum absolute atomic E-state index is 15.3. The number of carbonyl (C=O) groups is 3. The molecule has 0 saturated carbocycles. The van der Waals surface area contributed by atoms with Crippen LogP contribution in [0.2, 0.25) is 5.15 Å². The number of amides is 4. The number of anilines is 2. The first-order valence-electron chi connectivity index (χ1n) is 13.1. The van der Waals surface area contributed by atoms with Gasteiger partial charge in [-0.25, -0.2) is 24.1 Å². The van der Waals surface area contributed by atoms with Gasteiger partial charge in [-0.15, -0.1) is 0 Å². The van der Waals surface area contributed by atoms with Crippen LogP contribution in [0.15, 0.2) is 12.1 Å². The van der Waals surface area contributed by atoms with E-state index >= 15 is 4.39 Å². The van der Waals surface area contributed by atoms with Gasteiger partial charge in [-0.1, -0.05) is 11.6 Å². The van der Waals surface area contributed by atoms with Gasteiger partial charge >= 0.3 is 6.03 Å². The molecule has 16 heteroatoms. The highest BCUT2D eigenvalue weighted by Crippen LogP contribution is 2.23. The third-order valence-electron chi connectivity index (χ3n) is 7.11. The summed E-state index contributed by atoms with van der Waals surface area (Å²) in [5.41, 5.74) is 11.9. The number of halogens is 2. The molecule has 2 aliphatic heterocycles. The van der Waals surface area contributed by atoms with Gasteiger partial charge in [0.15, 0.2) is 22.5 Å². The monoisotopic (exact) mass is 588 g/mol. The molecule has 4 heterocycles. The molecular formula is C25H30ClFN10O4. The van der Waals surface area contributed by atoms with Crippen LogP contribution in [0.5, 0.6) is 0 Å². The maximum Gasteiger partial charge on any atom is 0.320 e. The molecule has 2 saturated heterocycles. The Morgan fingerprint density at radius 1 is 0.976 bits per heavy atom. The topological polar surface area (TPSA) is 178 Å². The highest BCUT2D eigenvalue weighted by Gasteiger charge is 2.30. The zero-order valence-electron chi connectivity index (χ0n) is 22.4. The van der Waals surface area contributed by atoms with Crippen molar-refractivity contribution in [1.29, 1.82) is 0 Å². The second-order valence-corrected chi connectivity index (χ2v) is 9.93. The normalized spacial score (nSPS) is 15.8. The summed E-state index contributed by atoms with van der Waals surface area (Å²) in [5, 5.41) is 2.51. The van der Waals surface area contributed by atoms with E-state index in [-0.39, 0.29) is 53.7 Å². The predicted octanol–water partition coefficient (Wildman–Crippen LogP) is 0.943. The van der Waals surface area contributed by atoms with Gasteiger partial charge in [0, 0.05) is 51.9 Å². The van der Waals surface area contributed by atoms with Crippen molar-refractivity contribution in [3.63, 3.8) is 0 Å². The second kappa shape index (κ2) is 11.7. The average Bonchev–Trinajstić information content (AvgIpc) is 3.33. The molecule has 0 spiro atoms. The summed E-state index contributed by atoms with van der Waals surface area (Å²) < 4.78 is 22.3. The maximum atomic E-state index is 15.3. The molecule has 2 aromatic heterocycles. The van der Waals surface area contributed by atoms with E-state index in [0.717, 1.165) is 0 Å². The summed E-state index contributed by atoms with van der Waals surface area (Å²) >= 11 is 5.87. The van der Waals surface area contributed by atoms with Crippen molar-refractivity contribution in [2.45, 2.75) is 20.0 Å². The lowest BCUT2D eigenvalue weighted by atomic mass is 10.1. The SMILES string of the molecule is CCn1c(CNC(=O)c2nc(Cl)c(N)nc2N)nc2cc(C(=O)N3CCN(C(=O)N4CCOCC4)CC3)c(F)cc21. The number of rotatable bonds is 5. The lowest BCUT2D eigenvalue weighted by molar-refractivity contribution is 0.0362. The highest BCUT2D eigenvalue weighted by molar-refractivity contribution is 6.31. The number of ether oxygens (including phenoxy) is 1. The number of nitrogen functional groups attached to an aromatic ring is 2. The fourth-order valence-corrected chi connectivity index (χ4v) is 5.05. The number of nitrogens with two attached hydrogens (primary N) is 2. The van der Waals surface area contributed by atoms with Gasteiger partial charge < -0.3 is 40.8 Å². The minimum absolute atomic E-state index is 0.0332. The van der Waals surface area contributed by atoms with Crippen LogP contribution in [0.4, 0.5) is 20.8 Å². The molecule has 4 amide bonds. The van der Waals surface area contributed by atoms with Crippen molar-refractivity contribution in [1.82, 2.24) is 39.5 Å². The molecule has 2 aliphatic rings. The smallest absolute Gasteiger partial charge is 0.320 e. The number of carbonyl (C=O) groups excluding carboxylic acids is 3. The van der Waals surface area contributed by atoms with Crippen LogP contribution in [-0.4, -0.2) is 105 Å². The first-order valence-corrected chi connectivity index (χ1v) is 13.5. The quantitative estimate of drug-likeness (QED) is 0.391. The summed E-state index contributed by atoms with van der Waals surface area (Å²) in [4.78, 5) is 55.9. The van der Waals surface area contributed by atoms with E-state index in [0.29, 0.717) is 62.8 Å². The van der Waals surface area contributed by atoms with Gasteiger partial charge in [-0.05, 0) is 13.0 Å². The number of hydrogen-bond acceptors (Lipinski definition) is 9. The molecule has 1 aromatic carbocycles. The minimum Gasteiger partial charge on any atom is -0.382 e. The minimum atomic E-state index is -0.681. The molecule has 0 aliphatic carbocycles. The molecule has 5 rings (SSSR count). The van der Waals surface area contributed by atoms with Crippen LogP contribution in [0.25, 0.3) is 11.0 Å². The third kappa shape index (κ3) is 5.67. The molecular weight excluding hydrogens is 559 g/mol. The van der Waals surface area contributed by atoms with Crippen molar-refractivity contribution in [3.8, 4) is 0 Å². The van der Waals surface area contributed by atoms with E-state index in [1.165, 1.54) is 17.0 Å². The first kappa shape index (κ1) is 28.3. The van der Waals surface area contributed by atoms with E-state index < -0.39 is 17.6 Å². The van der Waals surface area contributed by atoms with E-state index in [2.05, 4.69) is 20.3 Å². The number of nitrogens with one attached hydrogen (secondary N) is 1. The van der Waals surface area contributed by atoms with Crippen LogP contribution in [0.1, 0.15) is 33.6 Å². The number of nitrogens with zero attached hydrogens (tertiary/aromatic N) is 7. The lowest BCUT2D eigenvalue weighted by Crippen LogP contribution is -2.55. The number of aryl methyl sites for hydroxylation is 1. The Morgan fingerprint density at radius 3 is 2.32 bits per heavy atom. The van der Waals surface area contributed by atoms with Crippen LogP contribution < -0.4 is 16.8 Å². The van der Waals surface area contributed by atoms with Gasteiger partial charge in [0.05, 0.1) is 36.4 Å². The molecule has 218 valence electrons. The number of urea groups is 1. The van der Waals surface area contributed by atoms with E-state index in [4.69, 9.17) is 27.8 Å². The molecule has 14 nitrogen and oxygen atoms in total. The summed E-state index contributed by atoms with van der Waals surface area (Å²) in [6, 6.07) is 2.61. The Kier molecular flexibility index (Phi) is 8.08. The zero-order chi connectivity index (χ0) is 29.3. The van der Waals surface area contributed by atoms with Crippen LogP contribution in [0, 0.1) is 5.82 Å². The number of benzene rings is 1. The Hall–Kier alpha value is -4.24. The van der Waals surface area contributed by atoms with Gasteiger partial charge in [0.2, 0.25) is 0 Å². The lowest BCUT2D eigenvalue weighted by Gasteiger charge is -2.38. The Morgan fingerprint density at radius 2 is 1.63 bits per heavy atom. The molecule has 0 unspecified atom stereocenters. The highest BCUT2D eigenvalue weighted by atomic mass is 35.5. The predicted molar refractivity (Wildman–Crippen MR) is 148 cm³/mol. The summed E-state index contributed by atoms with van der Waals surface area (Å²) in [6.45, 7) is 5.63. The second-order valence-electron chi connectivity index (χ2n) is 9.57. The van der Waals surface area contributed by atoms with Crippen LogP contribution >= 0.6 is 11.6 Å². The zero-order valence-corrected chi connectivity index (χ0v) is 23.2. The van der Waals surface area contributed by atoms with Gasteiger partial charge in [0.25, 0.3) is 11.8 Å². The molecule has 2 fully saturated rings. The summed E-state index contributed by atoms with van der Waals surface area (Å²) in [5.74, 6) is -1.63. The Labute approximate surface area is 239 Å². The molecule has 41 heavy (non-hydrogen) atoms. The van der Waals surface area contributed by atoms with Crippen LogP contribution in [-0.2, 0) is 17.8 Å². The fourth-order valence-electron chi connectivity index (χ4n) is 4.92. The summed E-state index contributed by atoms with van der Waals surface area (Å²) in [7, 11) is 0. The molecule has 0 atom stereocenters. The average molecular weight is 589 g/mol. The van der Waals surface area contributed by atoms with Crippen molar-refractivity contribution < 1.29 is 23.5 Å². The number of fused-ring (bicyclic) bond motifs is 1. The van der Waals surface area contributed by atoms with Crippen molar-refractivity contribution in [3.05, 3.63) is 40.2 Å². The van der Waals surface area contributed by atoms with Gasteiger partial charge in [-0.2, -0.15) is 0 Å². The third-order valence-corrected chi connectivity index (χ3v) is 7.39. The molecule has 0 bridgehead atoms.